The Labute approximate surface area is 147 Å². The van der Waals surface area contributed by atoms with Gasteiger partial charge in [0.1, 0.15) is 9.92 Å². The van der Waals surface area contributed by atoms with Gasteiger partial charge >= 0.3 is 10.1 Å². The van der Waals surface area contributed by atoms with Crippen molar-refractivity contribution in [1.29, 1.82) is 0 Å². The average Bonchev–Trinajstić information content (AvgIpc) is 2.45. The highest BCUT2D eigenvalue weighted by Gasteiger charge is 2.26. The van der Waals surface area contributed by atoms with E-state index in [4.69, 9.17) is 55.3 Å². The quantitative estimate of drug-likeness (QED) is 0.670. The molecule has 0 aliphatic carbocycles. The molecule has 2 aromatic rings. The van der Waals surface area contributed by atoms with Gasteiger partial charge in [0.2, 0.25) is 0 Å². The third kappa shape index (κ3) is 3.39. The van der Waals surface area contributed by atoms with E-state index in [1.807, 2.05) is 0 Å². The number of methoxy groups -OCH3 is 1. The summed E-state index contributed by atoms with van der Waals surface area (Å²) in [6.07, 6.45) is 0. The van der Waals surface area contributed by atoms with Crippen LogP contribution in [0.25, 0.3) is 0 Å². The number of hydrogen-bond acceptors (Lipinski definition) is 4. The molecular formula is C13H8Cl4O4S. The van der Waals surface area contributed by atoms with E-state index in [-0.39, 0.29) is 36.5 Å². The maximum atomic E-state index is 12.4. The van der Waals surface area contributed by atoms with Gasteiger partial charge in [-0.1, -0.05) is 52.5 Å². The third-order valence-corrected chi connectivity index (χ3v) is 5.23. The van der Waals surface area contributed by atoms with Gasteiger partial charge in [-0.25, -0.2) is 0 Å². The molecule has 2 aromatic carbocycles. The van der Waals surface area contributed by atoms with Crippen molar-refractivity contribution in [2.45, 2.75) is 4.90 Å². The molecule has 118 valence electrons. The van der Waals surface area contributed by atoms with Gasteiger partial charge in [0, 0.05) is 0 Å². The van der Waals surface area contributed by atoms with Crippen LogP contribution in [0.5, 0.6) is 11.5 Å². The topological polar surface area (TPSA) is 52.6 Å². The monoisotopic (exact) mass is 400 g/mol. The lowest BCUT2D eigenvalue weighted by Crippen LogP contribution is -2.12. The molecule has 0 bridgehead atoms. The molecule has 0 saturated carbocycles. The van der Waals surface area contributed by atoms with Gasteiger partial charge in [-0.3, -0.25) is 0 Å². The van der Waals surface area contributed by atoms with Crippen molar-refractivity contribution in [3.05, 3.63) is 50.4 Å². The molecule has 0 atom stereocenters. The van der Waals surface area contributed by atoms with Crippen LogP contribution in [0.2, 0.25) is 20.1 Å². The van der Waals surface area contributed by atoms with E-state index >= 15 is 0 Å². The van der Waals surface area contributed by atoms with Gasteiger partial charge in [0.15, 0.2) is 11.5 Å². The van der Waals surface area contributed by atoms with Crippen LogP contribution in [0, 0.1) is 0 Å². The second-order valence-corrected chi connectivity index (χ2v) is 7.10. The number of ether oxygens (including phenoxy) is 1. The van der Waals surface area contributed by atoms with Gasteiger partial charge in [-0.2, -0.15) is 8.42 Å². The van der Waals surface area contributed by atoms with Crippen LogP contribution in [-0.4, -0.2) is 15.5 Å². The summed E-state index contributed by atoms with van der Waals surface area (Å²) < 4.78 is 34.9. The molecule has 0 heterocycles. The Morgan fingerprint density at radius 1 is 0.864 bits per heavy atom. The number of para-hydroxylation sites is 1. The molecule has 0 N–H and O–H groups in total. The molecule has 0 radical (unpaired) electrons. The summed E-state index contributed by atoms with van der Waals surface area (Å²) in [5, 5.41) is 0.206. The molecule has 0 aliphatic heterocycles. The zero-order chi connectivity index (χ0) is 16.5. The minimum atomic E-state index is -4.28. The molecule has 2 rings (SSSR count). The van der Waals surface area contributed by atoms with Crippen LogP contribution in [0.4, 0.5) is 0 Å². The van der Waals surface area contributed by atoms with Crippen molar-refractivity contribution >= 4 is 56.5 Å². The van der Waals surface area contributed by atoms with Crippen molar-refractivity contribution in [3.63, 3.8) is 0 Å². The first-order valence-electron chi connectivity index (χ1n) is 5.68. The Balaban J connectivity index is 2.55. The first-order valence-corrected chi connectivity index (χ1v) is 8.60. The highest BCUT2D eigenvalue weighted by atomic mass is 35.5. The van der Waals surface area contributed by atoms with Crippen molar-refractivity contribution < 1.29 is 17.3 Å². The Kier molecular flexibility index (Phi) is 5.35. The Bertz CT molecular complexity index is 801. The molecule has 4 nitrogen and oxygen atoms in total. The SMILES string of the molecule is COc1c(S(=O)(=O)Oc2c(Cl)cccc2Cl)ccc(Cl)c1Cl. The van der Waals surface area contributed by atoms with Crippen molar-refractivity contribution in [3.8, 4) is 11.5 Å². The molecule has 22 heavy (non-hydrogen) atoms. The maximum absolute atomic E-state index is 12.4. The normalized spacial score (nSPS) is 11.3. The Morgan fingerprint density at radius 3 is 2.00 bits per heavy atom. The van der Waals surface area contributed by atoms with Crippen molar-refractivity contribution in [1.82, 2.24) is 0 Å². The maximum Gasteiger partial charge on any atom is 0.343 e. The highest BCUT2D eigenvalue weighted by Crippen LogP contribution is 2.40. The summed E-state index contributed by atoms with van der Waals surface area (Å²) in [6, 6.07) is 6.99. The van der Waals surface area contributed by atoms with Gasteiger partial charge in [-0.15, -0.1) is 0 Å². The first kappa shape index (κ1) is 17.5. The number of halogens is 4. The second kappa shape index (κ2) is 6.72. The zero-order valence-corrected chi connectivity index (χ0v) is 14.8. The smallest absolute Gasteiger partial charge is 0.343 e. The van der Waals surface area contributed by atoms with E-state index in [1.54, 1.807) is 6.07 Å². The van der Waals surface area contributed by atoms with Gasteiger partial charge in [0.25, 0.3) is 0 Å². The summed E-state index contributed by atoms with van der Waals surface area (Å²) in [5.74, 6) is -0.309. The van der Waals surface area contributed by atoms with Crippen molar-refractivity contribution in [2.24, 2.45) is 0 Å². The summed E-state index contributed by atoms with van der Waals surface area (Å²) in [7, 11) is -3.01. The molecule has 0 unspecified atom stereocenters. The molecule has 0 aromatic heterocycles. The molecule has 0 spiro atoms. The molecular weight excluding hydrogens is 394 g/mol. The van der Waals surface area contributed by atoms with E-state index in [9.17, 15) is 8.42 Å². The summed E-state index contributed by atoms with van der Waals surface area (Å²) in [6.45, 7) is 0. The minimum absolute atomic E-state index is 0.0425. The Morgan fingerprint density at radius 2 is 1.45 bits per heavy atom. The first-order chi connectivity index (χ1) is 10.3. The predicted molar refractivity (Wildman–Crippen MR) is 87.3 cm³/mol. The number of benzene rings is 2. The summed E-state index contributed by atoms with van der Waals surface area (Å²) >= 11 is 23.6. The van der Waals surface area contributed by atoms with E-state index in [0.29, 0.717) is 0 Å². The summed E-state index contributed by atoms with van der Waals surface area (Å²) in [4.78, 5) is -0.291. The highest BCUT2D eigenvalue weighted by molar-refractivity contribution is 7.87. The van der Waals surface area contributed by atoms with Crippen LogP contribution in [0.3, 0.4) is 0 Å². The van der Waals surface area contributed by atoms with E-state index in [2.05, 4.69) is 0 Å². The number of hydrogen-bond donors (Lipinski definition) is 0. The largest absolute Gasteiger partial charge is 0.494 e. The second-order valence-electron chi connectivity index (χ2n) is 3.98. The molecule has 0 saturated heterocycles. The average molecular weight is 402 g/mol. The van der Waals surface area contributed by atoms with E-state index in [1.165, 1.54) is 31.4 Å². The van der Waals surface area contributed by atoms with Gasteiger partial charge < -0.3 is 8.92 Å². The fourth-order valence-electron chi connectivity index (χ4n) is 1.62. The predicted octanol–water partition coefficient (Wildman–Crippen LogP) is 5.08. The third-order valence-electron chi connectivity index (χ3n) is 2.60. The van der Waals surface area contributed by atoms with Crippen LogP contribution in [0.1, 0.15) is 0 Å². The van der Waals surface area contributed by atoms with Crippen molar-refractivity contribution in [2.75, 3.05) is 7.11 Å². The van der Waals surface area contributed by atoms with Crippen LogP contribution < -0.4 is 8.92 Å². The van der Waals surface area contributed by atoms with Gasteiger partial charge in [-0.05, 0) is 24.3 Å². The molecule has 0 fully saturated rings. The molecule has 0 aliphatic rings. The molecule has 9 heteroatoms. The van der Waals surface area contributed by atoms with Gasteiger partial charge in [0.05, 0.1) is 22.2 Å². The number of rotatable bonds is 4. The lowest BCUT2D eigenvalue weighted by atomic mass is 10.3. The lowest BCUT2D eigenvalue weighted by molar-refractivity contribution is 0.398. The minimum Gasteiger partial charge on any atom is -0.494 e. The fourth-order valence-corrected chi connectivity index (χ4v) is 3.77. The standard InChI is InChI=1S/C13H8Cl4O4S/c1-20-13-10(6-5-7(14)11(13)17)22(18,19)21-12-8(15)3-2-4-9(12)16/h2-6H,1H3. The van der Waals surface area contributed by atoms with E-state index < -0.39 is 10.1 Å². The summed E-state index contributed by atoms with van der Waals surface area (Å²) in [5.41, 5.74) is 0. The Hall–Kier alpha value is -0.850. The van der Waals surface area contributed by atoms with E-state index in [0.717, 1.165) is 0 Å². The van der Waals surface area contributed by atoms with Crippen LogP contribution in [0.15, 0.2) is 35.2 Å². The molecule has 0 amide bonds. The lowest BCUT2D eigenvalue weighted by Gasteiger charge is -2.13. The van der Waals surface area contributed by atoms with Crippen LogP contribution >= 0.6 is 46.4 Å². The fraction of sp³-hybridized carbons (Fsp3) is 0.0769. The zero-order valence-electron chi connectivity index (χ0n) is 10.9. The van der Waals surface area contributed by atoms with Crippen LogP contribution in [-0.2, 0) is 10.1 Å².